The molecule has 4 atom stereocenters. The number of H-pyrrole nitrogens is 1. The summed E-state index contributed by atoms with van der Waals surface area (Å²) in [6, 6.07) is 8.25. The van der Waals surface area contributed by atoms with Gasteiger partial charge < -0.3 is 15.4 Å². The predicted molar refractivity (Wildman–Crippen MR) is 125 cm³/mol. The Kier molecular flexibility index (Phi) is 9.53. The fourth-order valence-electron chi connectivity index (χ4n) is 4.52. The van der Waals surface area contributed by atoms with Crippen LogP contribution in [0, 0.1) is 17.8 Å². The standard InChI is InChI=1S/C21H30N6O2.2ClH/c1-13(2)12-29-21(28)19-10-15-9-16(8-7-14(15)11-22-19)23-18-6-4-3-5-17(18)20-24-26-27-25-20;;/h3-6,13-16,19,22-23H,7-12H2,1-2H3,(H,24,25,26,27);2*1H/t14-,15+,16-,19-;;/m0../s1. The van der Waals surface area contributed by atoms with Gasteiger partial charge in [-0.25, -0.2) is 0 Å². The van der Waals surface area contributed by atoms with E-state index in [1.807, 2.05) is 18.2 Å². The lowest BCUT2D eigenvalue weighted by Crippen LogP contribution is -2.51. The maximum absolute atomic E-state index is 12.4. The molecule has 172 valence electrons. The van der Waals surface area contributed by atoms with Gasteiger partial charge in [0, 0.05) is 17.3 Å². The number of hydrogen-bond acceptors (Lipinski definition) is 7. The lowest BCUT2D eigenvalue weighted by molar-refractivity contribution is -0.149. The fraction of sp³-hybridized carbons (Fsp3) is 0.619. The third kappa shape index (κ3) is 6.30. The molecule has 2 aromatic rings. The predicted octanol–water partition coefficient (Wildman–Crippen LogP) is 3.47. The van der Waals surface area contributed by atoms with Crippen molar-refractivity contribution in [1.82, 2.24) is 25.9 Å². The molecular weight excluding hydrogens is 439 g/mol. The Labute approximate surface area is 195 Å². The molecule has 1 aliphatic carbocycles. The van der Waals surface area contributed by atoms with Gasteiger partial charge in [-0.3, -0.25) is 4.79 Å². The second-order valence-electron chi connectivity index (χ2n) is 8.68. The number of ether oxygens (including phenoxy) is 1. The third-order valence-corrected chi connectivity index (χ3v) is 6.02. The zero-order valence-corrected chi connectivity index (χ0v) is 19.5. The van der Waals surface area contributed by atoms with Crippen LogP contribution in [0.25, 0.3) is 11.4 Å². The van der Waals surface area contributed by atoms with Crippen molar-refractivity contribution >= 4 is 36.5 Å². The molecule has 2 heterocycles. The van der Waals surface area contributed by atoms with E-state index in [4.69, 9.17) is 4.74 Å². The number of piperidine rings is 1. The molecule has 0 bridgehead atoms. The monoisotopic (exact) mass is 470 g/mol. The van der Waals surface area contributed by atoms with Crippen LogP contribution in [0.3, 0.4) is 0 Å². The third-order valence-electron chi connectivity index (χ3n) is 6.02. The minimum absolute atomic E-state index is 0. The summed E-state index contributed by atoms with van der Waals surface area (Å²) in [4.78, 5) is 12.4. The van der Waals surface area contributed by atoms with Crippen LogP contribution >= 0.6 is 24.8 Å². The number of para-hydroxylation sites is 1. The number of aromatic nitrogens is 4. The molecule has 1 saturated carbocycles. The van der Waals surface area contributed by atoms with Gasteiger partial charge in [0.25, 0.3) is 0 Å². The first-order chi connectivity index (χ1) is 14.1. The number of anilines is 1. The molecule has 0 unspecified atom stereocenters. The molecule has 1 aromatic heterocycles. The number of aromatic amines is 1. The topological polar surface area (TPSA) is 105 Å². The smallest absolute Gasteiger partial charge is 0.323 e. The molecule has 2 aliphatic rings. The summed E-state index contributed by atoms with van der Waals surface area (Å²) < 4.78 is 5.46. The molecule has 0 amide bonds. The van der Waals surface area contributed by atoms with Crippen molar-refractivity contribution in [3.05, 3.63) is 24.3 Å². The van der Waals surface area contributed by atoms with Crippen LogP contribution in [0.1, 0.15) is 39.5 Å². The van der Waals surface area contributed by atoms with E-state index in [9.17, 15) is 4.79 Å². The van der Waals surface area contributed by atoms with Gasteiger partial charge in [0.1, 0.15) is 6.04 Å². The summed E-state index contributed by atoms with van der Waals surface area (Å²) in [5.74, 6) is 2.01. The molecule has 1 saturated heterocycles. The second kappa shape index (κ2) is 11.6. The molecule has 10 heteroatoms. The van der Waals surface area contributed by atoms with Gasteiger partial charge in [0.2, 0.25) is 5.82 Å². The van der Waals surface area contributed by atoms with Crippen LogP contribution in [0.5, 0.6) is 0 Å². The average Bonchev–Trinajstić information content (AvgIpc) is 3.26. The van der Waals surface area contributed by atoms with Crippen LogP contribution in [0.4, 0.5) is 5.69 Å². The van der Waals surface area contributed by atoms with Gasteiger partial charge in [0.05, 0.1) is 6.61 Å². The number of benzene rings is 1. The van der Waals surface area contributed by atoms with Crippen LogP contribution in [0.2, 0.25) is 0 Å². The minimum Gasteiger partial charge on any atom is -0.464 e. The summed E-state index contributed by atoms with van der Waals surface area (Å²) >= 11 is 0. The SMILES string of the molecule is CC(C)COC(=O)[C@@H]1C[C@H]2C[C@@H](Nc3ccccc3-c3nn[nH]n3)CC[C@H]2CN1.Cl.Cl. The van der Waals surface area contributed by atoms with Gasteiger partial charge in [0.15, 0.2) is 0 Å². The molecule has 4 rings (SSSR count). The summed E-state index contributed by atoms with van der Waals surface area (Å²) in [7, 11) is 0. The Bertz CT molecular complexity index is 820. The number of carbonyl (C=O) groups is 1. The lowest BCUT2D eigenvalue weighted by Gasteiger charge is -2.42. The summed E-state index contributed by atoms with van der Waals surface area (Å²) in [6.45, 7) is 5.50. The molecule has 2 fully saturated rings. The Morgan fingerprint density at radius 3 is 2.74 bits per heavy atom. The van der Waals surface area contributed by atoms with E-state index < -0.39 is 0 Å². The van der Waals surface area contributed by atoms with Gasteiger partial charge in [-0.1, -0.05) is 26.0 Å². The summed E-state index contributed by atoms with van der Waals surface area (Å²) in [5, 5.41) is 21.5. The first-order valence-electron chi connectivity index (χ1n) is 10.6. The van der Waals surface area contributed by atoms with Gasteiger partial charge in [-0.2, -0.15) is 5.21 Å². The first kappa shape index (κ1) is 25.4. The second-order valence-corrected chi connectivity index (χ2v) is 8.68. The van der Waals surface area contributed by atoms with E-state index >= 15 is 0 Å². The van der Waals surface area contributed by atoms with E-state index in [2.05, 4.69) is 51.2 Å². The Hall–Kier alpha value is -1.90. The van der Waals surface area contributed by atoms with Gasteiger partial charge in [-0.05, 0) is 67.3 Å². The number of nitrogens with one attached hydrogen (secondary N) is 3. The number of hydrogen-bond donors (Lipinski definition) is 3. The fourth-order valence-corrected chi connectivity index (χ4v) is 4.52. The molecule has 1 aromatic carbocycles. The number of carbonyl (C=O) groups excluding carboxylic acids is 1. The Morgan fingerprint density at radius 2 is 2.00 bits per heavy atom. The molecule has 3 N–H and O–H groups in total. The molecule has 8 nitrogen and oxygen atoms in total. The largest absolute Gasteiger partial charge is 0.464 e. The van der Waals surface area contributed by atoms with Gasteiger partial charge in [-0.15, -0.1) is 35.0 Å². The Balaban J connectivity index is 0.00000171. The minimum atomic E-state index is -0.180. The molecule has 0 radical (unpaired) electrons. The van der Waals surface area contributed by atoms with Crippen LogP contribution in [-0.4, -0.2) is 51.8 Å². The number of rotatable bonds is 6. The highest BCUT2D eigenvalue weighted by Crippen LogP contribution is 2.38. The van der Waals surface area contributed by atoms with E-state index in [-0.39, 0.29) is 36.8 Å². The maximum atomic E-state index is 12.4. The molecule has 31 heavy (non-hydrogen) atoms. The molecule has 1 aliphatic heterocycles. The van der Waals surface area contributed by atoms with Crippen molar-refractivity contribution < 1.29 is 9.53 Å². The number of tetrazole rings is 1. The van der Waals surface area contributed by atoms with Crippen molar-refractivity contribution in [3.63, 3.8) is 0 Å². The van der Waals surface area contributed by atoms with E-state index in [0.717, 1.165) is 43.5 Å². The maximum Gasteiger partial charge on any atom is 0.323 e. The number of nitrogens with zero attached hydrogens (tertiary/aromatic N) is 3. The van der Waals surface area contributed by atoms with E-state index in [1.165, 1.54) is 0 Å². The highest BCUT2D eigenvalue weighted by molar-refractivity contribution is 5.85. The quantitative estimate of drug-likeness (QED) is 0.554. The number of halogens is 2. The Morgan fingerprint density at radius 1 is 1.19 bits per heavy atom. The highest BCUT2D eigenvalue weighted by atomic mass is 35.5. The summed E-state index contributed by atoms with van der Waals surface area (Å²) in [5.41, 5.74) is 1.98. The lowest BCUT2D eigenvalue weighted by atomic mass is 9.72. The zero-order valence-electron chi connectivity index (χ0n) is 17.9. The van der Waals surface area contributed by atoms with E-state index in [0.29, 0.717) is 36.2 Å². The highest BCUT2D eigenvalue weighted by Gasteiger charge is 2.38. The number of fused-ring (bicyclic) bond motifs is 1. The molecule has 0 spiro atoms. The van der Waals surface area contributed by atoms with Crippen molar-refractivity contribution in [2.24, 2.45) is 17.8 Å². The molecular formula is C21H32Cl2N6O2. The van der Waals surface area contributed by atoms with E-state index in [1.54, 1.807) is 0 Å². The van der Waals surface area contributed by atoms with Crippen molar-refractivity contribution in [1.29, 1.82) is 0 Å². The van der Waals surface area contributed by atoms with Crippen molar-refractivity contribution in [2.75, 3.05) is 18.5 Å². The van der Waals surface area contributed by atoms with Crippen molar-refractivity contribution in [3.8, 4) is 11.4 Å². The first-order valence-corrected chi connectivity index (χ1v) is 10.6. The van der Waals surface area contributed by atoms with Crippen LogP contribution < -0.4 is 10.6 Å². The average molecular weight is 471 g/mol. The summed E-state index contributed by atoms with van der Waals surface area (Å²) in [6.07, 6.45) is 4.19. The van der Waals surface area contributed by atoms with Gasteiger partial charge >= 0.3 is 5.97 Å². The van der Waals surface area contributed by atoms with Crippen molar-refractivity contribution in [2.45, 2.75) is 51.6 Å². The normalized spacial score (nSPS) is 25.0. The van der Waals surface area contributed by atoms with Crippen LogP contribution in [-0.2, 0) is 9.53 Å². The zero-order chi connectivity index (χ0) is 20.2. The number of esters is 1. The van der Waals surface area contributed by atoms with Crippen LogP contribution in [0.15, 0.2) is 24.3 Å².